The highest BCUT2D eigenvalue weighted by Crippen LogP contribution is 2.33. The minimum atomic E-state index is -5.64. The van der Waals surface area contributed by atoms with E-state index in [1.54, 1.807) is 35.1 Å². The second-order valence-corrected chi connectivity index (χ2v) is 11.3. The number of halogens is 6. The third-order valence-corrected chi connectivity index (χ3v) is 7.40. The van der Waals surface area contributed by atoms with Crippen LogP contribution in [-0.4, -0.2) is 37.8 Å². The van der Waals surface area contributed by atoms with Crippen LogP contribution in [0.2, 0.25) is 0 Å². The number of sulfonamides is 2. The Morgan fingerprint density at radius 3 is 2.00 bits per heavy atom. The van der Waals surface area contributed by atoms with Crippen LogP contribution in [0.15, 0.2) is 66.7 Å². The fourth-order valence-corrected chi connectivity index (χ4v) is 4.49. The van der Waals surface area contributed by atoms with E-state index < -0.39 is 31.1 Å². The molecule has 39 heavy (non-hydrogen) atoms. The number of nitrogens with zero attached hydrogens (tertiary/aromatic N) is 1. The average molecular weight is 591 g/mol. The highest BCUT2D eigenvalue weighted by molar-refractivity contribution is 7.93. The first-order valence-electron chi connectivity index (χ1n) is 10.6. The first-order chi connectivity index (χ1) is 18.1. The number of aromatic nitrogens is 2. The molecule has 0 spiro atoms. The fourth-order valence-electron chi connectivity index (χ4n) is 3.35. The van der Waals surface area contributed by atoms with Crippen LogP contribution in [0.25, 0.3) is 34.3 Å². The fraction of sp³-hybridized carbons (Fsp3) is 0.0870. The van der Waals surface area contributed by atoms with Gasteiger partial charge in [0.2, 0.25) is 0 Å². The van der Waals surface area contributed by atoms with Crippen LogP contribution in [-0.2, 0) is 20.0 Å². The van der Waals surface area contributed by atoms with E-state index >= 15 is 0 Å². The molecule has 16 heteroatoms. The van der Waals surface area contributed by atoms with Gasteiger partial charge in [0.25, 0.3) is 0 Å². The second kappa shape index (κ2) is 9.92. The first-order valence-corrected chi connectivity index (χ1v) is 13.6. The zero-order valence-electron chi connectivity index (χ0n) is 19.2. The second-order valence-electron chi connectivity index (χ2n) is 7.96. The van der Waals surface area contributed by atoms with E-state index in [9.17, 15) is 43.2 Å². The molecule has 4 rings (SSSR count). The maximum Gasteiger partial charge on any atom is 0.516 e. The number of rotatable bonds is 7. The van der Waals surface area contributed by atoms with Gasteiger partial charge >= 0.3 is 31.1 Å². The van der Waals surface area contributed by atoms with E-state index in [1.807, 2.05) is 0 Å². The molecule has 8 nitrogen and oxygen atoms in total. The summed E-state index contributed by atoms with van der Waals surface area (Å²) in [7, 11) is -11.2. The Bertz CT molecular complexity index is 1760. The van der Waals surface area contributed by atoms with Crippen LogP contribution in [0.4, 0.5) is 37.7 Å². The van der Waals surface area contributed by atoms with Crippen molar-refractivity contribution >= 4 is 54.6 Å². The number of benzene rings is 3. The monoisotopic (exact) mass is 590 g/mol. The molecular weight excluding hydrogens is 574 g/mol. The summed E-state index contributed by atoms with van der Waals surface area (Å²) in [6.45, 7) is 0. The summed E-state index contributed by atoms with van der Waals surface area (Å²) in [5.41, 5.74) is -9.44. The molecular formula is C23H16F6N4O4S2. The van der Waals surface area contributed by atoms with E-state index in [4.69, 9.17) is 0 Å². The van der Waals surface area contributed by atoms with Gasteiger partial charge < -0.3 is 4.98 Å². The standard InChI is InChI=1S/C23H16F6N4O4S2/c24-22(25,26)38(34,35)32-16-9-5-14(6-10-16)7-12-21-30-19-11-8-15(13-20(19)31-21)17-3-1-2-4-18(17)33-39(36,37)23(27,28)29/h1-13,32-33H,(H,30,31)/b12-7+. The summed E-state index contributed by atoms with van der Waals surface area (Å²) in [5.74, 6) is 0.357. The molecule has 0 bridgehead atoms. The van der Waals surface area contributed by atoms with Crippen molar-refractivity contribution in [2.75, 3.05) is 9.44 Å². The molecule has 3 aromatic carbocycles. The SMILES string of the molecule is O=S(=O)(Nc1ccc(/C=C/c2nc3cc(-c4ccccc4NS(=O)(=O)C(F)(F)F)ccc3[nH]2)cc1)C(F)(F)F. The minimum absolute atomic E-state index is 0.188. The highest BCUT2D eigenvalue weighted by Gasteiger charge is 2.46. The number of fused-ring (bicyclic) bond motifs is 1. The lowest BCUT2D eigenvalue weighted by Crippen LogP contribution is -2.30. The molecule has 1 aromatic heterocycles. The molecule has 0 aliphatic heterocycles. The van der Waals surface area contributed by atoms with Crippen LogP contribution in [0.1, 0.15) is 11.4 Å². The largest absolute Gasteiger partial charge is 0.516 e. The van der Waals surface area contributed by atoms with E-state index in [0.29, 0.717) is 28.0 Å². The summed E-state index contributed by atoms with van der Waals surface area (Å²) in [5, 5.41) is 0. The maximum atomic E-state index is 12.8. The van der Waals surface area contributed by atoms with Crippen molar-refractivity contribution in [2.45, 2.75) is 11.0 Å². The molecule has 0 saturated heterocycles. The lowest BCUT2D eigenvalue weighted by molar-refractivity contribution is -0.0435. The number of imidazole rings is 1. The number of aromatic amines is 1. The van der Waals surface area contributed by atoms with E-state index in [1.165, 1.54) is 41.1 Å². The molecule has 3 N–H and O–H groups in total. The van der Waals surface area contributed by atoms with Crippen LogP contribution < -0.4 is 9.44 Å². The van der Waals surface area contributed by atoms with Crippen molar-refractivity contribution in [2.24, 2.45) is 0 Å². The Morgan fingerprint density at radius 1 is 0.744 bits per heavy atom. The van der Waals surface area contributed by atoms with Gasteiger partial charge in [-0.2, -0.15) is 43.2 Å². The summed E-state index contributed by atoms with van der Waals surface area (Å²) < 4.78 is 125. The Kier molecular flexibility index (Phi) is 7.12. The van der Waals surface area contributed by atoms with Gasteiger partial charge in [-0.25, -0.2) is 4.98 Å². The molecule has 206 valence electrons. The van der Waals surface area contributed by atoms with E-state index in [-0.39, 0.29) is 16.9 Å². The number of H-pyrrole nitrogens is 1. The van der Waals surface area contributed by atoms with Gasteiger partial charge in [0.15, 0.2) is 0 Å². The van der Waals surface area contributed by atoms with Crippen molar-refractivity contribution < 1.29 is 43.2 Å². The van der Waals surface area contributed by atoms with E-state index in [0.717, 1.165) is 12.1 Å². The van der Waals surface area contributed by atoms with Crippen molar-refractivity contribution in [3.8, 4) is 11.1 Å². The first kappa shape index (κ1) is 28.0. The lowest BCUT2D eigenvalue weighted by atomic mass is 10.0. The Morgan fingerprint density at radius 2 is 1.36 bits per heavy atom. The van der Waals surface area contributed by atoms with Crippen LogP contribution in [0, 0.1) is 0 Å². The van der Waals surface area contributed by atoms with E-state index in [2.05, 4.69) is 9.97 Å². The summed E-state index contributed by atoms with van der Waals surface area (Å²) in [4.78, 5) is 7.37. The molecule has 4 aromatic rings. The number of nitrogens with one attached hydrogen (secondary N) is 3. The third-order valence-electron chi connectivity index (χ3n) is 5.19. The van der Waals surface area contributed by atoms with Crippen molar-refractivity contribution in [3.05, 3.63) is 78.1 Å². The molecule has 0 aliphatic carbocycles. The zero-order chi connectivity index (χ0) is 28.6. The predicted octanol–water partition coefficient (Wildman–Crippen LogP) is 5.92. The minimum Gasteiger partial charge on any atom is -0.338 e. The van der Waals surface area contributed by atoms with Gasteiger partial charge in [0.1, 0.15) is 5.82 Å². The summed E-state index contributed by atoms with van der Waals surface area (Å²) in [6, 6.07) is 15.3. The van der Waals surface area contributed by atoms with Gasteiger partial charge in [-0.15, -0.1) is 0 Å². The van der Waals surface area contributed by atoms with Crippen LogP contribution >= 0.6 is 0 Å². The quantitative estimate of drug-likeness (QED) is 0.231. The Hall–Kier alpha value is -4.05. The van der Waals surface area contributed by atoms with Gasteiger partial charge in [-0.1, -0.05) is 42.5 Å². The van der Waals surface area contributed by atoms with Gasteiger partial charge in [0.05, 0.1) is 16.7 Å². The number of hydrogen-bond donors (Lipinski definition) is 3. The Balaban J connectivity index is 1.55. The van der Waals surface area contributed by atoms with Gasteiger partial charge in [0, 0.05) is 11.3 Å². The van der Waals surface area contributed by atoms with Crippen LogP contribution in [0.3, 0.4) is 0 Å². The molecule has 0 radical (unpaired) electrons. The smallest absolute Gasteiger partial charge is 0.338 e. The average Bonchev–Trinajstić information content (AvgIpc) is 3.24. The predicted molar refractivity (Wildman–Crippen MR) is 134 cm³/mol. The number of anilines is 2. The van der Waals surface area contributed by atoms with Gasteiger partial charge in [-0.05, 0) is 47.5 Å². The topological polar surface area (TPSA) is 121 Å². The summed E-state index contributed by atoms with van der Waals surface area (Å²) in [6.07, 6.45) is 3.10. The molecule has 1 heterocycles. The lowest BCUT2D eigenvalue weighted by Gasteiger charge is -2.14. The number of para-hydroxylation sites is 1. The van der Waals surface area contributed by atoms with Crippen molar-refractivity contribution in [1.82, 2.24) is 9.97 Å². The molecule has 0 aliphatic rings. The molecule has 0 amide bonds. The molecule has 0 saturated carbocycles. The number of hydrogen-bond acceptors (Lipinski definition) is 5. The third kappa shape index (κ3) is 6.17. The molecule has 0 fully saturated rings. The van der Waals surface area contributed by atoms with Crippen molar-refractivity contribution in [1.29, 1.82) is 0 Å². The molecule has 0 unspecified atom stereocenters. The van der Waals surface area contributed by atoms with Crippen LogP contribution in [0.5, 0.6) is 0 Å². The molecule has 0 atom stereocenters. The normalized spacial score (nSPS) is 13.2. The summed E-state index contributed by atoms with van der Waals surface area (Å²) >= 11 is 0. The maximum absolute atomic E-state index is 12.8. The number of alkyl halides is 6. The van der Waals surface area contributed by atoms with Crippen molar-refractivity contribution in [3.63, 3.8) is 0 Å². The van der Waals surface area contributed by atoms with Gasteiger partial charge in [-0.3, -0.25) is 9.44 Å². The zero-order valence-corrected chi connectivity index (χ0v) is 20.8. The highest BCUT2D eigenvalue weighted by atomic mass is 32.2. The Labute approximate surface area is 217 Å².